The van der Waals surface area contributed by atoms with Gasteiger partial charge in [-0.25, -0.2) is 9.67 Å². The van der Waals surface area contributed by atoms with E-state index in [9.17, 15) is 9.59 Å². The van der Waals surface area contributed by atoms with Crippen LogP contribution in [0.15, 0.2) is 83.8 Å². The molecule has 33 heavy (non-hydrogen) atoms. The first kappa shape index (κ1) is 21.8. The summed E-state index contributed by atoms with van der Waals surface area (Å²) < 4.78 is 12.2. The third-order valence-corrected chi connectivity index (χ3v) is 4.78. The highest BCUT2D eigenvalue weighted by Gasteiger charge is 2.10. The molecule has 0 saturated carbocycles. The fourth-order valence-electron chi connectivity index (χ4n) is 3.15. The largest absolute Gasteiger partial charge is 0.493 e. The molecule has 8 nitrogen and oxygen atoms in total. The standard InChI is InChI=1S/C25H22N4O4/c1-17-8-11-21(22(14-17)32-2)33-24-12-9-19(15-26-24)27-23(30)16-29-25(31)13-10-20(28-29)18-6-4-3-5-7-18/h3-15H,16H2,1-2H3,(H,27,30). The number of nitrogens with one attached hydrogen (secondary N) is 1. The molecule has 2 aromatic heterocycles. The van der Waals surface area contributed by atoms with Crippen LogP contribution < -0.4 is 20.3 Å². The Hall–Kier alpha value is -4.46. The molecule has 0 atom stereocenters. The average Bonchev–Trinajstić information content (AvgIpc) is 2.83. The van der Waals surface area contributed by atoms with E-state index in [0.29, 0.717) is 28.8 Å². The zero-order chi connectivity index (χ0) is 23.2. The molecule has 1 N–H and O–H groups in total. The van der Waals surface area contributed by atoms with Gasteiger partial charge in [0.1, 0.15) is 6.54 Å². The number of carbonyl (C=O) groups excluding carboxylic acids is 1. The summed E-state index contributed by atoms with van der Waals surface area (Å²) in [7, 11) is 1.57. The molecular formula is C25H22N4O4. The first-order valence-corrected chi connectivity index (χ1v) is 10.2. The number of hydrogen-bond donors (Lipinski definition) is 1. The van der Waals surface area contributed by atoms with Gasteiger partial charge in [-0.2, -0.15) is 5.10 Å². The van der Waals surface area contributed by atoms with Gasteiger partial charge in [0.25, 0.3) is 5.56 Å². The lowest BCUT2D eigenvalue weighted by Gasteiger charge is -2.11. The van der Waals surface area contributed by atoms with Crippen molar-refractivity contribution in [1.82, 2.24) is 14.8 Å². The Labute approximate surface area is 190 Å². The van der Waals surface area contributed by atoms with Crippen LogP contribution in [0.5, 0.6) is 17.4 Å². The second kappa shape index (κ2) is 9.78. The van der Waals surface area contributed by atoms with Crippen LogP contribution in [-0.2, 0) is 11.3 Å². The molecule has 8 heteroatoms. The number of aromatic nitrogens is 3. The molecule has 0 radical (unpaired) electrons. The minimum atomic E-state index is -0.398. The molecule has 0 aliphatic rings. The Morgan fingerprint density at radius 2 is 1.82 bits per heavy atom. The Balaban J connectivity index is 1.42. The zero-order valence-corrected chi connectivity index (χ0v) is 18.2. The summed E-state index contributed by atoms with van der Waals surface area (Å²) in [6, 6.07) is 21.4. The number of rotatable bonds is 7. The van der Waals surface area contributed by atoms with E-state index in [4.69, 9.17) is 9.47 Å². The monoisotopic (exact) mass is 442 g/mol. The Morgan fingerprint density at radius 3 is 2.55 bits per heavy atom. The van der Waals surface area contributed by atoms with Crippen molar-refractivity contribution in [3.05, 3.63) is 94.9 Å². The highest BCUT2D eigenvalue weighted by molar-refractivity contribution is 5.90. The molecule has 0 aliphatic heterocycles. The van der Waals surface area contributed by atoms with Crippen molar-refractivity contribution in [2.75, 3.05) is 12.4 Å². The number of anilines is 1. The predicted molar refractivity (Wildman–Crippen MR) is 125 cm³/mol. The molecule has 0 fully saturated rings. The number of amides is 1. The van der Waals surface area contributed by atoms with E-state index >= 15 is 0 Å². The van der Waals surface area contributed by atoms with E-state index < -0.39 is 5.91 Å². The maximum atomic E-state index is 12.5. The van der Waals surface area contributed by atoms with Crippen LogP contribution in [0.4, 0.5) is 5.69 Å². The molecule has 4 rings (SSSR count). The van der Waals surface area contributed by atoms with E-state index in [-0.39, 0.29) is 12.1 Å². The van der Waals surface area contributed by atoms with Crippen LogP contribution in [0.1, 0.15) is 5.56 Å². The van der Waals surface area contributed by atoms with Crippen molar-refractivity contribution in [2.45, 2.75) is 13.5 Å². The van der Waals surface area contributed by atoms with E-state index in [1.54, 1.807) is 31.4 Å². The van der Waals surface area contributed by atoms with Crippen molar-refractivity contribution in [1.29, 1.82) is 0 Å². The van der Waals surface area contributed by atoms with Gasteiger partial charge in [0.05, 0.1) is 24.7 Å². The number of hydrogen-bond acceptors (Lipinski definition) is 6. The summed E-state index contributed by atoms with van der Waals surface area (Å²) in [6.45, 7) is 1.74. The maximum Gasteiger partial charge on any atom is 0.267 e. The van der Waals surface area contributed by atoms with Gasteiger partial charge in [0.2, 0.25) is 11.8 Å². The van der Waals surface area contributed by atoms with E-state index in [0.717, 1.165) is 15.8 Å². The molecule has 0 saturated heterocycles. The SMILES string of the molecule is COc1cc(C)ccc1Oc1ccc(NC(=O)Cn2nc(-c3ccccc3)ccc2=O)cn1. The molecule has 2 heterocycles. The Bertz CT molecular complexity index is 1320. The minimum absolute atomic E-state index is 0.224. The van der Waals surface area contributed by atoms with E-state index in [1.165, 1.54) is 12.3 Å². The average molecular weight is 442 g/mol. The van der Waals surface area contributed by atoms with E-state index in [2.05, 4.69) is 15.4 Å². The van der Waals surface area contributed by atoms with Crippen LogP contribution >= 0.6 is 0 Å². The first-order chi connectivity index (χ1) is 16.0. The summed E-state index contributed by atoms with van der Waals surface area (Å²) in [6.07, 6.45) is 1.48. The minimum Gasteiger partial charge on any atom is -0.493 e. The van der Waals surface area contributed by atoms with Crippen LogP contribution in [0.2, 0.25) is 0 Å². The zero-order valence-electron chi connectivity index (χ0n) is 18.2. The highest BCUT2D eigenvalue weighted by atomic mass is 16.5. The van der Waals surface area contributed by atoms with Crippen LogP contribution in [-0.4, -0.2) is 27.8 Å². The number of nitrogens with zero attached hydrogens (tertiary/aromatic N) is 3. The van der Waals surface area contributed by atoms with Gasteiger partial charge in [-0.3, -0.25) is 9.59 Å². The third-order valence-electron chi connectivity index (χ3n) is 4.78. The second-order valence-corrected chi connectivity index (χ2v) is 7.27. The second-order valence-electron chi connectivity index (χ2n) is 7.27. The lowest BCUT2D eigenvalue weighted by molar-refractivity contribution is -0.117. The summed E-state index contributed by atoms with van der Waals surface area (Å²) in [5, 5.41) is 7.02. The number of pyridine rings is 1. The molecule has 4 aromatic rings. The van der Waals surface area contributed by atoms with Crippen LogP contribution in [0, 0.1) is 6.92 Å². The van der Waals surface area contributed by atoms with Gasteiger partial charge in [-0.1, -0.05) is 36.4 Å². The quantitative estimate of drug-likeness (QED) is 0.464. The normalized spacial score (nSPS) is 10.5. The number of aryl methyl sites for hydroxylation is 1. The summed E-state index contributed by atoms with van der Waals surface area (Å²) in [5.41, 5.74) is 2.62. The number of methoxy groups -OCH3 is 1. The number of ether oxygens (including phenoxy) is 2. The smallest absolute Gasteiger partial charge is 0.267 e. The topological polar surface area (TPSA) is 95.3 Å². The van der Waals surface area contributed by atoms with Gasteiger partial charge < -0.3 is 14.8 Å². The van der Waals surface area contributed by atoms with Gasteiger partial charge in [-0.05, 0) is 36.8 Å². The molecular weight excluding hydrogens is 420 g/mol. The third kappa shape index (κ3) is 5.43. The van der Waals surface area contributed by atoms with Gasteiger partial charge in [-0.15, -0.1) is 0 Å². The number of benzene rings is 2. The Morgan fingerprint density at radius 1 is 1.00 bits per heavy atom. The molecule has 0 bridgehead atoms. The van der Waals surface area contributed by atoms with Gasteiger partial charge in [0, 0.05) is 17.7 Å². The maximum absolute atomic E-state index is 12.5. The number of carbonyl (C=O) groups is 1. The molecule has 166 valence electrons. The molecule has 0 unspecified atom stereocenters. The van der Waals surface area contributed by atoms with Crippen LogP contribution in [0.3, 0.4) is 0 Å². The fourth-order valence-corrected chi connectivity index (χ4v) is 3.15. The van der Waals surface area contributed by atoms with Gasteiger partial charge in [0.15, 0.2) is 11.5 Å². The molecule has 1 amide bonds. The Kier molecular flexibility index (Phi) is 6.45. The summed E-state index contributed by atoms with van der Waals surface area (Å²) in [5.74, 6) is 1.09. The first-order valence-electron chi connectivity index (χ1n) is 10.2. The lowest BCUT2D eigenvalue weighted by Crippen LogP contribution is -2.29. The highest BCUT2D eigenvalue weighted by Crippen LogP contribution is 2.31. The van der Waals surface area contributed by atoms with Crippen molar-refractivity contribution in [3.8, 4) is 28.6 Å². The predicted octanol–water partition coefficient (Wildman–Crippen LogP) is 4.05. The van der Waals surface area contributed by atoms with Crippen molar-refractivity contribution < 1.29 is 14.3 Å². The lowest BCUT2D eigenvalue weighted by atomic mass is 10.1. The van der Waals surface area contributed by atoms with E-state index in [1.807, 2.05) is 49.4 Å². The van der Waals surface area contributed by atoms with Crippen molar-refractivity contribution >= 4 is 11.6 Å². The molecule has 0 aliphatic carbocycles. The van der Waals surface area contributed by atoms with Crippen LogP contribution in [0.25, 0.3) is 11.3 Å². The van der Waals surface area contributed by atoms with Crippen molar-refractivity contribution in [3.63, 3.8) is 0 Å². The summed E-state index contributed by atoms with van der Waals surface area (Å²) in [4.78, 5) is 28.9. The molecule has 2 aromatic carbocycles. The van der Waals surface area contributed by atoms with Gasteiger partial charge >= 0.3 is 0 Å². The fraction of sp³-hybridized carbons (Fsp3) is 0.120. The van der Waals surface area contributed by atoms with Crippen molar-refractivity contribution in [2.24, 2.45) is 0 Å². The summed E-state index contributed by atoms with van der Waals surface area (Å²) >= 11 is 0. The molecule has 0 spiro atoms.